The van der Waals surface area contributed by atoms with E-state index in [1.807, 2.05) is 18.2 Å². The first-order valence-electron chi connectivity index (χ1n) is 7.13. The third kappa shape index (κ3) is 3.21. The van der Waals surface area contributed by atoms with Crippen molar-refractivity contribution in [2.75, 3.05) is 7.11 Å². The summed E-state index contributed by atoms with van der Waals surface area (Å²) >= 11 is 0. The molecule has 1 N–H and O–H groups in total. The van der Waals surface area contributed by atoms with Crippen LogP contribution in [0.2, 0.25) is 0 Å². The SMILES string of the molecule is CCCCCC1(C)C[C@@H](O)c2ccc(OC)cc2O1. The van der Waals surface area contributed by atoms with Crippen LogP contribution in [-0.4, -0.2) is 17.8 Å². The van der Waals surface area contributed by atoms with E-state index in [-0.39, 0.29) is 5.60 Å². The van der Waals surface area contributed by atoms with E-state index in [0.29, 0.717) is 6.42 Å². The van der Waals surface area contributed by atoms with E-state index in [2.05, 4.69) is 13.8 Å². The molecule has 0 fully saturated rings. The molecule has 19 heavy (non-hydrogen) atoms. The highest BCUT2D eigenvalue weighted by atomic mass is 16.5. The van der Waals surface area contributed by atoms with Crippen LogP contribution in [-0.2, 0) is 0 Å². The van der Waals surface area contributed by atoms with Gasteiger partial charge in [0.25, 0.3) is 0 Å². The minimum Gasteiger partial charge on any atom is -0.497 e. The van der Waals surface area contributed by atoms with Gasteiger partial charge in [0.1, 0.15) is 17.1 Å². The Morgan fingerprint density at radius 1 is 1.42 bits per heavy atom. The first kappa shape index (κ1) is 14.2. The van der Waals surface area contributed by atoms with Crippen molar-refractivity contribution >= 4 is 0 Å². The topological polar surface area (TPSA) is 38.7 Å². The highest BCUT2D eigenvalue weighted by molar-refractivity contribution is 5.43. The number of rotatable bonds is 5. The molecule has 3 nitrogen and oxygen atoms in total. The molecule has 1 heterocycles. The van der Waals surface area contributed by atoms with Crippen molar-refractivity contribution in [3.63, 3.8) is 0 Å². The second-order valence-corrected chi connectivity index (χ2v) is 5.63. The predicted molar refractivity (Wildman–Crippen MR) is 75.7 cm³/mol. The van der Waals surface area contributed by atoms with E-state index >= 15 is 0 Å². The summed E-state index contributed by atoms with van der Waals surface area (Å²) in [7, 11) is 1.64. The Hall–Kier alpha value is -1.22. The lowest BCUT2D eigenvalue weighted by Crippen LogP contribution is -2.38. The fraction of sp³-hybridized carbons (Fsp3) is 0.625. The number of unbranched alkanes of at least 4 members (excludes halogenated alkanes) is 2. The quantitative estimate of drug-likeness (QED) is 0.821. The third-order valence-electron chi connectivity index (χ3n) is 3.87. The van der Waals surface area contributed by atoms with E-state index in [1.54, 1.807) is 7.11 Å². The van der Waals surface area contributed by atoms with E-state index in [9.17, 15) is 5.11 Å². The molecule has 1 aliphatic heterocycles. The zero-order valence-electron chi connectivity index (χ0n) is 12.1. The molecule has 106 valence electrons. The monoisotopic (exact) mass is 264 g/mol. The third-order valence-corrected chi connectivity index (χ3v) is 3.87. The molecule has 1 unspecified atom stereocenters. The lowest BCUT2D eigenvalue weighted by atomic mass is 9.86. The van der Waals surface area contributed by atoms with Gasteiger partial charge in [0.2, 0.25) is 0 Å². The number of methoxy groups -OCH3 is 1. The molecule has 0 aliphatic carbocycles. The molecule has 0 aromatic heterocycles. The maximum absolute atomic E-state index is 10.3. The summed E-state index contributed by atoms with van der Waals surface area (Å²) in [5.41, 5.74) is 0.599. The van der Waals surface area contributed by atoms with Crippen molar-refractivity contribution < 1.29 is 14.6 Å². The predicted octanol–water partition coefficient (Wildman–Crippen LogP) is 3.85. The summed E-state index contributed by atoms with van der Waals surface area (Å²) in [5.74, 6) is 1.53. The van der Waals surface area contributed by atoms with Crippen LogP contribution < -0.4 is 9.47 Å². The Bertz CT molecular complexity index is 430. The van der Waals surface area contributed by atoms with E-state index < -0.39 is 6.10 Å². The lowest BCUT2D eigenvalue weighted by molar-refractivity contribution is -0.00859. The molecule has 2 rings (SSSR count). The maximum atomic E-state index is 10.3. The fourth-order valence-corrected chi connectivity index (χ4v) is 2.73. The maximum Gasteiger partial charge on any atom is 0.129 e. The second kappa shape index (κ2) is 5.83. The van der Waals surface area contributed by atoms with Gasteiger partial charge in [-0.3, -0.25) is 0 Å². The zero-order valence-corrected chi connectivity index (χ0v) is 12.1. The second-order valence-electron chi connectivity index (χ2n) is 5.63. The average Bonchev–Trinajstić information content (AvgIpc) is 2.38. The summed E-state index contributed by atoms with van der Waals surface area (Å²) in [5, 5.41) is 10.3. The molecule has 0 saturated heterocycles. The van der Waals surface area contributed by atoms with Gasteiger partial charge in [0.15, 0.2) is 0 Å². The minimum absolute atomic E-state index is 0.270. The smallest absolute Gasteiger partial charge is 0.129 e. The zero-order chi connectivity index (χ0) is 13.9. The summed E-state index contributed by atoms with van der Waals surface area (Å²) in [6.07, 6.45) is 4.74. The van der Waals surface area contributed by atoms with Crippen molar-refractivity contribution in [2.24, 2.45) is 0 Å². The van der Waals surface area contributed by atoms with E-state index in [0.717, 1.165) is 29.9 Å². The molecule has 1 aromatic rings. The van der Waals surface area contributed by atoms with Gasteiger partial charge in [-0.15, -0.1) is 0 Å². The van der Waals surface area contributed by atoms with Gasteiger partial charge in [0, 0.05) is 18.1 Å². The van der Waals surface area contributed by atoms with Crippen LogP contribution in [0.15, 0.2) is 18.2 Å². The Kier molecular flexibility index (Phi) is 4.35. The molecule has 1 aromatic carbocycles. The summed E-state index contributed by atoms with van der Waals surface area (Å²) in [6.45, 7) is 4.29. The van der Waals surface area contributed by atoms with Crippen molar-refractivity contribution in [3.05, 3.63) is 23.8 Å². The number of fused-ring (bicyclic) bond motifs is 1. The Morgan fingerprint density at radius 2 is 2.21 bits per heavy atom. The summed E-state index contributed by atoms with van der Waals surface area (Å²) in [6, 6.07) is 5.63. The number of ether oxygens (including phenoxy) is 2. The van der Waals surface area contributed by atoms with Crippen molar-refractivity contribution in [1.29, 1.82) is 0 Å². The molecular formula is C16H24O3. The number of hydrogen-bond donors (Lipinski definition) is 1. The molecule has 0 amide bonds. The van der Waals surface area contributed by atoms with Crippen LogP contribution >= 0.6 is 0 Å². The molecular weight excluding hydrogens is 240 g/mol. The van der Waals surface area contributed by atoms with Crippen LogP contribution in [0.1, 0.15) is 57.6 Å². The standard InChI is InChI=1S/C16H24O3/c1-4-5-6-9-16(2)11-14(17)13-8-7-12(18-3)10-15(13)19-16/h7-8,10,14,17H,4-6,9,11H2,1-3H3/t14-,16?/m1/s1. The van der Waals surface area contributed by atoms with Gasteiger partial charge in [-0.05, 0) is 31.9 Å². The summed E-state index contributed by atoms with van der Waals surface area (Å²) < 4.78 is 11.4. The van der Waals surface area contributed by atoms with Crippen molar-refractivity contribution in [1.82, 2.24) is 0 Å². The van der Waals surface area contributed by atoms with E-state index in [1.165, 1.54) is 12.8 Å². The number of hydrogen-bond acceptors (Lipinski definition) is 3. The van der Waals surface area contributed by atoms with Gasteiger partial charge >= 0.3 is 0 Å². The molecule has 0 spiro atoms. The van der Waals surface area contributed by atoms with Crippen LogP contribution in [0.3, 0.4) is 0 Å². The Labute approximate surface area is 115 Å². The average molecular weight is 264 g/mol. The lowest BCUT2D eigenvalue weighted by Gasteiger charge is -2.38. The molecule has 1 aliphatic rings. The van der Waals surface area contributed by atoms with Crippen LogP contribution in [0.5, 0.6) is 11.5 Å². The molecule has 0 radical (unpaired) electrons. The highest BCUT2D eigenvalue weighted by Gasteiger charge is 2.36. The normalized spacial score (nSPS) is 25.6. The number of benzene rings is 1. The Balaban J connectivity index is 2.16. The molecule has 0 bridgehead atoms. The largest absolute Gasteiger partial charge is 0.497 e. The Morgan fingerprint density at radius 3 is 2.89 bits per heavy atom. The van der Waals surface area contributed by atoms with Crippen LogP contribution in [0.25, 0.3) is 0 Å². The van der Waals surface area contributed by atoms with Crippen molar-refractivity contribution in [3.8, 4) is 11.5 Å². The van der Waals surface area contributed by atoms with E-state index in [4.69, 9.17) is 9.47 Å². The van der Waals surface area contributed by atoms with Gasteiger partial charge in [-0.2, -0.15) is 0 Å². The fourth-order valence-electron chi connectivity index (χ4n) is 2.73. The first-order chi connectivity index (χ1) is 9.08. The van der Waals surface area contributed by atoms with Gasteiger partial charge < -0.3 is 14.6 Å². The van der Waals surface area contributed by atoms with Gasteiger partial charge in [0.05, 0.1) is 13.2 Å². The first-order valence-corrected chi connectivity index (χ1v) is 7.13. The molecule has 0 saturated carbocycles. The van der Waals surface area contributed by atoms with Crippen LogP contribution in [0, 0.1) is 0 Å². The summed E-state index contributed by atoms with van der Waals surface area (Å²) in [4.78, 5) is 0. The molecule has 3 heteroatoms. The van der Waals surface area contributed by atoms with Gasteiger partial charge in [-0.25, -0.2) is 0 Å². The van der Waals surface area contributed by atoms with Crippen LogP contribution in [0.4, 0.5) is 0 Å². The highest BCUT2D eigenvalue weighted by Crippen LogP contribution is 2.43. The number of aliphatic hydroxyl groups is 1. The minimum atomic E-state index is -0.443. The van der Waals surface area contributed by atoms with Gasteiger partial charge in [-0.1, -0.05) is 19.8 Å². The number of aliphatic hydroxyl groups excluding tert-OH is 1. The molecule has 2 atom stereocenters. The van der Waals surface area contributed by atoms with Crippen molar-refractivity contribution in [2.45, 2.75) is 57.7 Å².